The lowest BCUT2D eigenvalue weighted by Crippen LogP contribution is -2.25. The van der Waals surface area contributed by atoms with Crippen molar-refractivity contribution in [3.8, 4) is 0 Å². The first kappa shape index (κ1) is 19.9. The average molecular weight is 407 g/mol. The van der Waals surface area contributed by atoms with Crippen molar-refractivity contribution in [1.82, 2.24) is 9.55 Å². The van der Waals surface area contributed by atoms with E-state index >= 15 is 0 Å². The summed E-state index contributed by atoms with van der Waals surface area (Å²) in [6.07, 6.45) is 0. The molecule has 9 heteroatoms. The van der Waals surface area contributed by atoms with E-state index in [0.29, 0.717) is 16.1 Å². The fourth-order valence-corrected chi connectivity index (χ4v) is 3.55. The van der Waals surface area contributed by atoms with Crippen molar-refractivity contribution >= 4 is 34.3 Å². The molecule has 0 spiro atoms. The fourth-order valence-electron chi connectivity index (χ4n) is 2.62. The van der Waals surface area contributed by atoms with Crippen LogP contribution in [0.3, 0.4) is 0 Å². The number of hydrogen-bond donors (Lipinski definition) is 1. The maximum atomic E-state index is 13.7. The van der Waals surface area contributed by atoms with Crippen LogP contribution in [0.5, 0.6) is 0 Å². The molecular weight excluding hydrogens is 391 g/mol. The number of carbonyl (C=O) groups is 1. The van der Waals surface area contributed by atoms with Gasteiger partial charge < -0.3 is 5.32 Å². The van der Waals surface area contributed by atoms with Crippen molar-refractivity contribution in [2.75, 3.05) is 11.1 Å². The van der Waals surface area contributed by atoms with E-state index in [0.717, 1.165) is 23.9 Å². The van der Waals surface area contributed by atoms with Gasteiger partial charge in [-0.25, -0.2) is 18.2 Å². The van der Waals surface area contributed by atoms with Crippen LogP contribution in [0.25, 0.3) is 10.9 Å². The highest BCUT2D eigenvalue weighted by Crippen LogP contribution is 2.23. The predicted molar refractivity (Wildman–Crippen MR) is 102 cm³/mol. The Morgan fingerprint density at radius 3 is 2.57 bits per heavy atom. The number of carbonyl (C=O) groups excluding carboxylic acids is 1. The summed E-state index contributed by atoms with van der Waals surface area (Å²) >= 11 is 0.994. The van der Waals surface area contributed by atoms with Crippen molar-refractivity contribution in [2.24, 2.45) is 0 Å². The monoisotopic (exact) mass is 407 g/mol. The summed E-state index contributed by atoms with van der Waals surface area (Å²) in [6.45, 7) is 3.64. The molecule has 28 heavy (non-hydrogen) atoms. The number of benzene rings is 2. The maximum Gasteiger partial charge on any atom is 0.262 e. The van der Waals surface area contributed by atoms with Gasteiger partial charge in [-0.05, 0) is 38.1 Å². The second kappa shape index (κ2) is 8.05. The van der Waals surface area contributed by atoms with Gasteiger partial charge in [-0.1, -0.05) is 23.9 Å². The zero-order valence-electron chi connectivity index (χ0n) is 15.0. The van der Waals surface area contributed by atoms with Crippen molar-refractivity contribution < 1.29 is 18.0 Å². The first-order valence-corrected chi connectivity index (χ1v) is 9.35. The van der Waals surface area contributed by atoms with E-state index in [4.69, 9.17) is 0 Å². The van der Waals surface area contributed by atoms with E-state index in [-0.39, 0.29) is 17.4 Å². The van der Waals surface area contributed by atoms with Crippen LogP contribution in [0.4, 0.5) is 18.9 Å². The highest BCUT2D eigenvalue weighted by molar-refractivity contribution is 7.99. The molecule has 3 aromatic rings. The average Bonchev–Trinajstić information content (AvgIpc) is 2.66. The molecule has 0 radical (unpaired) electrons. The van der Waals surface area contributed by atoms with Gasteiger partial charge in [0.15, 0.2) is 22.6 Å². The van der Waals surface area contributed by atoms with Crippen molar-refractivity contribution in [3.63, 3.8) is 0 Å². The molecule has 0 aliphatic heterocycles. The number of halogens is 3. The molecular formula is C19H16F3N3O2S. The Bertz CT molecular complexity index is 1120. The summed E-state index contributed by atoms with van der Waals surface area (Å²) in [6, 6.07) is 8.34. The molecule has 0 saturated carbocycles. The van der Waals surface area contributed by atoms with Crippen molar-refractivity contribution in [1.29, 1.82) is 0 Å². The van der Waals surface area contributed by atoms with Gasteiger partial charge in [-0.2, -0.15) is 0 Å². The lowest BCUT2D eigenvalue weighted by atomic mass is 10.2. The number of aromatic nitrogens is 2. The Labute approximate surface area is 162 Å². The van der Waals surface area contributed by atoms with E-state index in [9.17, 15) is 22.8 Å². The molecule has 0 aliphatic rings. The normalized spacial score (nSPS) is 11.2. The number of amides is 1. The Morgan fingerprint density at radius 2 is 1.86 bits per heavy atom. The third kappa shape index (κ3) is 3.89. The summed E-state index contributed by atoms with van der Waals surface area (Å²) in [5.41, 5.74) is -0.189. The van der Waals surface area contributed by atoms with Crippen molar-refractivity contribution in [2.45, 2.75) is 25.0 Å². The van der Waals surface area contributed by atoms with Crippen LogP contribution in [-0.4, -0.2) is 21.2 Å². The first-order chi connectivity index (χ1) is 13.3. The van der Waals surface area contributed by atoms with Crippen LogP contribution in [-0.2, 0) is 4.79 Å². The Hall–Kier alpha value is -2.81. The third-order valence-electron chi connectivity index (χ3n) is 3.93. The summed E-state index contributed by atoms with van der Waals surface area (Å²) in [5, 5.41) is 2.99. The van der Waals surface area contributed by atoms with Gasteiger partial charge >= 0.3 is 0 Å². The van der Waals surface area contributed by atoms with Gasteiger partial charge in [0.05, 0.1) is 22.3 Å². The number of nitrogens with zero attached hydrogens (tertiary/aromatic N) is 2. The number of hydrogen-bond acceptors (Lipinski definition) is 4. The standard InChI is InChI=1S/C19H16F3N3O2S/c1-10(2)25-18(27)11-5-3-4-6-13(11)24-19(25)28-9-15(26)23-14-8-7-12(20)16(21)17(14)22/h3-8,10H,9H2,1-2H3,(H,23,26). The second-order valence-corrected chi connectivity index (χ2v) is 7.18. The van der Waals surface area contributed by atoms with Gasteiger partial charge in [0.1, 0.15) is 0 Å². The Balaban J connectivity index is 1.83. The minimum Gasteiger partial charge on any atom is -0.323 e. The Kier molecular flexibility index (Phi) is 5.73. The minimum absolute atomic E-state index is 0.196. The van der Waals surface area contributed by atoms with Crippen LogP contribution < -0.4 is 10.9 Å². The fraction of sp³-hybridized carbons (Fsp3) is 0.211. The molecule has 1 heterocycles. The topological polar surface area (TPSA) is 64.0 Å². The second-order valence-electron chi connectivity index (χ2n) is 6.24. The SMILES string of the molecule is CC(C)n1c(SCC(=O)Nc2ccc(F)c(F)c2F)nc2ccccc2c1=O. The molecule has 3 rings (SSSR count). The zero-order chi connectivity index (χ0) is 20.4. The van der Waals surface area contributed by atoms with Crippen molar-refractivity contribution in [3.05, 3.63) is 64.2 Å². The lowest BCUT2D eigenvalue weighted by Gasteiger charge is -2.16. The highest BCUT2D eigenvalue weighted by Gasteiger charge is 2.18. The van der Waals surface area contributed by atoms with E-state index in [2.05, 4.69) is 10.3 Å². The van der Waals surface area contributed by atoms with Crippen LogP contribution in [0.1, 0.15) is 19.9 Å². The summed E-state index contributed by atoms with van der Waals surface area (Å²) < 4.78 is 41.4. The lowest BCUT2D eigenvalue weighted by molar-refractivity contribution is -0.113. The highest BCUT2D eigenvalue weighted by atomic mass is 32.2. The number of nitrogens with one attached hydrogen (secondary N) is 1. The van der Waals surface area contributed by atoms with E-state index in [1.165, 1.54) is 4.57 Å². The van der Waals surface area contributed by atoms with Gasteiger partial charge in [-0.3, -0.25) is 14.2 Å². The molecule has 146 valence electrons. The summed E-state index contributed by atoms with van der Waals surface area (Å²) in [4.78, 5) is 29.3. The van der Waals surface area contributed by atoms with Gasteiger partial charge in [0.25, 0.3) is 5.56 Å². The molecule has 1 N–H and O–H groups in total. The van der Waals surface area contributed by atoms with Gasteiger partial charge in [0.2, 0.25) is 5.91 Å². The summed E-state index contributed by atoms with van der Waals surface area (Å²) in [7, 11) is 0. The molecule has 1 amide bonds. The minimum atomic E-state index is -1.66. The summed E-state index contributed by atoms with van der Waals surface area (Å²) in [5.74, 6) is -5.31. The molecule has 0 atom stereocenters. The van der Waals surface area contributed by atoms with Crippen LogP contribution in [0.2, 0.25) is 0 Å². The van der Waals surface area contributed by atoms with Crippen LogP contribution in [0, 0.1) is 17.5 Å². The third-order valence-corrected chi connectivity index (χ3v) is 4.89. The molecule has 5 nitrogen and oxygen atoms in total. The largest absolute Gasteiger partial charge is 0.323 e. The molecule has 0 unspecified atom stereocenters. The van der Waals surface area contributed by atoms with Gasteiger partial charge in [-0.15, -0.1) is 0 Å². The number of para-hydroxylation sites is 1. The number of thioether (sulfide) groups is 1. The zero-order valence-corrected chi connectivity index (χ0v) is 15.8. The quantitative estimate of drug-likeness (QED) is 0.393. The first-order valence-electron chi connectivity index (χ1n) is 8.37. The molecule has 0 aliphatic carbocycles. The number of rotatable bonds is 5. The van der Waals surface area contributed by atoms with E-state index < -0.39 is 29.0 Å². The molecule has 0 saturated heterocycles. The van der Waals surface area contributed by atoms with E-state index in [1.54, 1.807) is 24.3 Å². The number of anilines is 1. The predicted octanol–water partition coefficient (Wildman–Crippen LogP) is 4.13. The Morgan fingerprint density at radius 1 is 1.14 bits per heavy atom. The molecule has 0 bridgehead atoms. The molecule has 0 fully saturated rings. The van der Waals surface area contributed by atoms with Crippen LogP contribution in [0.15, 0.2) is 46.3 Å². The van der Waals surface area contributed by atoms with E-state index in [1.807, 2.05) is 13.8 Å². The smallest absolute Gasteiger partial charge is 0.262 e. The molecule has 2 aromatic carbocycles. The van der Waals surface area contributed by atoms with Gasteiger partial charge in [0, 0.05) is 6.04 Å². The number of fused-ring (bicyclic) bond motifs is 1. The maximum absolute atomic E-state index is 13.7. The van der Waals surface area contributed by atoms with Crippen LogP contribution >= 0.6 is 11.8 Å². The molecule has 1 aromatic heterocycles.